The third kappa shape index (κ3) is 5.12. The van der Waals surface area contributed by atoms with Crippen LogP contribution in [-0.4, -0.2) is 46.3 Å². The molecule has 0 heterocycles. The average Bonchev–Trinajstić information content (AvgIpc) is 2.12. The Balaban J connectivity index is 4.31. The van der Waals surface area contributed by atoms with Crippen LogP contribution in [0.3, 0.4) is 0 Å². The number of carbonyl (C=O) groups is 1. The first-order chi connectivity index (χ1) is 6.43. The van der Waals surface area contributed by atoms with Gasteiger partial charge < -0.3 is 9.84 Å². The normalized spacial score (nSPS) is 13.9. The van der Waals surface area contributed by atoms with Gasteiger partial charge in [-0.25, -0.2) is 4.72 Å². The molecular formula is C6H14N2O5S. The summed E-state index contributed by atoms with van der Waals surface area (Å²) >= 11 is 0. The van der Waals surface area contributed by atoms with E-state index in [9.17, 15) is 13.2 Å². The van der Waals surface area contributed by atoms with Crippen molar-refractivity contribution in [2.24, 2.45) is 0 Å². The van der Waals surface area contributed by atoms with Crippen molar-refractivity contribution in [3.63, 3.8) is 0 Å². The van der Waals surface area contributed by atoms with E-state index in [-0.39, 0.29) is 13.0 Å². The number of carboxylic acids is 1. The third-order valence-electron chi connectivity index (χ3n) is 1.47. The molecule has 14 heavy (non-hydrogen) atoms. The van der Waals surface area contributed by atoms with Gasteiger partial charge in [0, 0.05) is 20.8 Å². The molecule has 1 unspecified atom stereocenters. The zero-order valence-electron chi connectivity index (χ0n) is 7.98. The number of hydrogen-bond donors (Lipinski definition) is 3. The first kappa shape index (κ1) is 13.3. The van der Waals surface area contributed by atoms with Crippen LogP contribution in [0.1, 0.15) is 6.42 Å². The van der Waals surface area contributed by atoms with Gasteiger partial charge in [-0.2, -0.15) is 13.1 Å². The van der Waals surface area contributed by atoms with Crippen LogP contribution in [0.2, 0.25) is 0 Å². The summed E-state index contributed by atoms with van der Waals surface area (Å²) in [4.78, 5) is 10.6. The number of methoxy groups -OCH3 is 1. The lowest BCUT2D eigenvalue weighted by Crippen LogP contribution is -2.45. The van der Waals surface area contributed by atoms with Crippen LogP contribution in [0.5, 0.6) is 0 Å². The molecule has 1 atom stereocenters. The van der Waals surface area contributed by atoms with Crippen LogP contribution in [-0.2, 0) is 19.7 Å². The fourth-order valence-corrected chi connectivity index (χ4v) is 1.43. The number of carboxylic acid groups (broad SMARTS) is 1. The van der Waals surface area contributed by atoms with Crippen molar-refractivity contribution in [1.29, 1.82) is 0 Å². The van der Waals surface area contributed by atoms with E-state index in [4.69, 9.17) is 5.11 Å². The molecule has 0 saturated heterocycles. The zero-order valence-corrected chi connectivity index (χ0v) is 8.80. The van der Waals surface area contributed by atoms with Crippen molar-refractivity contribution in [3.05, 3.63) is 0 Å². The molecule has 0 aromatic rings. The Kier molecular flexibility index (Phi) is 5.62. The van der Waals surface area contributed by atoms with Crippen molar-refractivity contribution in [3.8, 4) is 0 Å². The van der Waals surface area contributed by atoms with Gasteiger partial charge in [0.05, 0.1) is 0 Å². The Labute approximate surface area is 82.6 Å². The molecule has 0 saturated carbocycles. The van der Waals surface area contributed by atoms with Gasteiger partial charge in [0.1, 0.15) is 6.04 Å². The summed E-state index contributed by atoms with van der Waals surface area (Å²) in [6, 6.07) is -1.17. The van der Waals surface area contributed by atoms with Gasteiger partial charge in [0.2, 0.25) is 0 Å². The summed E-state index contributed by atoms with van der Waals surface area (Å²) in [6.45, 7) is 0.170. The van der Waals surface area contributed by atoms with Gasteiger partial charge in [0.15, 0.2) is 0 Å². The molecule has 3 N–H and O–H groups in total. The molecule has 8 heteroatoms. The van der Waals surface area contributed by atoms with Gasteiger partial charge in [-0.1, -0.05) is 0 Å². The van der Waals surface area contributed by atoms with Gasteiger partial charge in [0.25, 0.3) is 10.2 Å². The predicted octanol–water partition coefficient (Wildman–Crippen LogP) is -1.47. The quantitative estimate of drug-likeness (QED) is 0.491. The Bertz CT molecular complexity index is 276. The Hall–Kier alpha value is -0.700. The molecular weight excluding hydrogens is 212 g/mol. The van der Waals surface area contributed by atoms with Crippen LogP contribution < -0.4 is 9.44 Å². The SMILES string of the molecule is CNS(=O)(=O)NC(CCOC)C(=O)O. The molecule has 0 aliphatic heterocycles. The number of nitrogens with one attached hydrogen (secondary N) is 2. The second-order valence-corrected chi connectivity index (χ2v) is 4.15. The van der Waals surface area contributed by atoms with Gasteiger partial charge in [-0.05, 0) is 6.42 Å². The van der Waals surface area contributed by atoms with Crippen molar-refractivity contribution >= 4 is 16.2 Å². The molecule has 0 spiro atoms. The maximum atomic E-state index is 11.0. The summed E-state index contributed by atoms with van der Waals surface area (Å²) < 4.78 is 30.5. The molecule has 0 radical (unpaired) electrons. The van der Waals surface area contributed by atoms with E-state index in [1.54, 1.807) is 0 Å². The highest BCUT2D eigenvalue weighted by molar-refractivity contribution is 7.87. The molecule has 0 aromatic heterocycles. The zero-order chi connectivity index (χ0) is 11.2. The summed E-state index contributed by atoms with van der Waals surface area (Å²) in [6.07, 6.45) is 0.0761. The van der Waals surface area contributed by atoms with E-state index >= 15 is 0 Å². The molecule has 7 nitrogen and oxygen atoms in total. The van der Waals surface area contributed by atoms with Gasteiger partial charge in [-0.3, -0.25) is 4.79 Å². The minimum atomic E-state index is -3.73. The third-order valence-corrected chi connectivity index (χ3v) is 2.61. The minimum absolute atomic E-state index is 0.0761. The number of rotatable bonds is 7. The molecule has 0 aromatic carbocycles. The maximum absolute atomic E-state index is 11.0. The fourth-order valence-electron chi connectivity index (χ4n) is 0.715. The fraction of sp³-hybridized carbons (Fsp3) is 0.833. The number of ether oxygens (including phenoxy) is 1. The average molecular weight is 226 g/mol. The molecule has 0 rings (SSSR count). The maximum Gasteiger partial charge on any atom is 0.321 e. The summed E-state index contributed by atoms with van der Waals surface area (Å²) in [7, 11) is -1.13. The van der Waals surface area contributed by atoms with E-state index in [1.165, 1.54) is 14.2 Å². The Morgan fingerprint density at radius 2 is 2.14 bits per heavy atom. The second kappa shape index (κ2) is 5.91. The van der Waals surface area contributed by atoms with E-state index in [1.807, 2.05) is 9.44 Å². The lowest BCUT2D eigenvalue weighted by Gasteiger charge is -2.13. The molecule has 0 bridgehead atoms. The lowest BCUT2D eigenvalue weighted by molar-refractivity contribution is -0.139. The molecule has 0 amide bonds. The smallest absolute Gasteiger partial charge is 0.321 e. The highest BCUT2D eigenvalue weighted by atomic mass is 32.2. The number of hydrogen-bond acceptors (Lipinski definition) is 4. The van der Waals surface area contributed by atoms with E-state index in [0.29, 0.717) is 0 Å². The molecule has 0 aliphatic rings. The topological polar surface area (TPSA) is 105 Å². The largest absolute Gasteiger partial charge is 0.480 e. The van der Waals surface area contributed by atoms with E-state index in [2.05, 4.69) is 4.74 Å². The molecule has 84 valence electrons. The van der Waals surface area contributed by atoms with Crippen LogP contribution in [0.25, 0.3) is 0 Å². The summed E-state index contributed by atoms with van der Waals surface area (Å²) in [5.74, 6) is -1.24. The summed E-state index contributed by atoms with van der Waals surface area (Å²) in [5, 5.41) is 8.65. The van der Waals surface area contributed by atoms with Gasteiger partial charge >= 0.3 is 5.97 Å². The first-order valence-corrected chi connectivity index (χ1v) is 5.33. The van der Waals surface area contributed by atoms with Crippen molar-refractivity contribution in [2.75, 3.05) is 20.8 Å². The predicted molar refractivity (Wildman–Crippen MR) is 49.0 cm³/mol. The van der Waals surface area contributed by atoms with Crippen molar-refractivity contribution < 1.29 is 23.1 Å². The highest BCUT2D eigenvalue weighted by Crippen LogP contribution is 1.94. The Morgan fingerprint density at radius 1 is 1.57 bits per heavy atom. The Morgan fingerprint density at radius 3 is 2.50 bits per heavy atom. The second-order valence-electron chi connectivity index (χ2n) is 2.50. The first-order valence-electron chi connectivity index (χ1n) is 3.85. The van der Waals surface area contributed by atoms with E-state index in [0.717, 1.165) is 0 Å². The van der Waals surface area contributed by atoms with Crippen molar-refractivity contribution in [2.45, 2.75) is 12.5 Å². The van der Waals surface area contributed by atoms with Crippen LogP contribution in [0.15, 0.2) is 0 Å². The van der Waals surface area contributed by atoms with Crippen LogP contribution in [0.4, 0.5) is 0 Å². The lowest BCUT2D eigenvalue weighted by atomic mass is 10.2. The van der Waals surface area contributed by atoms with Crippen molar-refractivity contribution in [1.82, 2.24) is 9.44 Å². The highest BCUT2D eigenvalue weighted by Gasteiger charge is 2.22. The van der Waals surface area contributed by atoms with Crippen LogP contribution >= 0.6 is 0 Å². The minimum Gasteiger partial charge on any atom is -0.480 e. The van der Waals surface area contributed by atoms with Crippen LogP contribution in [0, 0.1) is 0 Å². The van der Waals surface area contributed by atoms with Gasteiger partial charge in [-0.15, -0.1) is 0 Å². The molecule has 0 aliphatic carbocycles. The summed E-state index contributed by atoms with van der Waals surface area (Å²) in [5.41, 5.74) is 0. The van der Waals surface area contributed by atoms with E-state index < -0.39 is 22.2 Å². The number of aliphatic carboxylic acids is 1. The monoisotopic (exact) mass is 226 g/mol. The standard InChI is InChI=1S/C6H14N2O5S/c1-7-14(11,12)8-5(6(9)10)3-4-13-2/h5,7-8H,3-4H2,1-2H3,(H,9,10). The molecule has 0 fully saturated rings.